The van der Waals surface area contributed by atoms with Gasteiger partial charge in [-0.15, -0.1) is 0 Å². The zero-order valence-electron chi connectivity index (χ0n) is 17.0. The van der Waals surface area contributed by atoms with Crippen molar-refractivity contribution in [2.75, 3.05) is 29.9 Å². The summed E-state index contributed by atoms with van der Waals surface area (Å²) in [5.41, 5.74) is 3.58. The van der Waals surface area contributed by atoms with Crippen LogP contribution in [0.15, 0.2) is 66.7 Å². The number of benzene rings is 3. The van der Waals surface area contributed by atoms with E-state index in [-0.39, 0.29) is 11.1 Å². The summed E-state index contributed by atoms with van der Waals surface area (Å²) in [5, 5.41) is 15.0. The van der Waals surface area contributed by atoms with Crippen molar-refractivity contribution in [2.24, 2.45) is 0 Å². The maximum absolute atomic E-state index is 13.4. The number of carbonyl (C=O) groups is 1. The van der Waals surface area contributed by atoms with Crippen molar-refractivity contribution in [1.82, 2.24) is 5.32 Å². The van der Waals surface area contributed by atoms with E-state index in [9.17, 15) is 9.18 Å². The molecule has 0 aliphatic carbocycles. The molecule has 158 valence electrons. The minimum atomic E-state index is -0.542. The molecular weight excluding hydrogens is 415 g/mol. The Morgan fingerprint density at radius 3 is 2.55 bits per heavy atom. The molecular formula is C24H22ClFN4O. The molecule has 0 aliphatic rings. The first-order chi connectivity index (χ1) is 15.0. The standard InChI is InChI=1S/C24H22ClFN4O/c1-2-28-12-13-30(24(31)29-20-8-11-23(26)22(25)15-20)21-9-6-18(7-10-21)19-5-3-4-17(14-19)16-27/h3-11,14-15,28H,2,12-13H2,1H3,(H,29,31). The molecule has 3 aromatic carbocycles. The van der Waals surface area contributed by atoms with E-state index in [1.807, 2.05) is 49.4 Å². The van der Waals surface area contributed by atoms with E-state index in [0.717, 1.165) is 17.7 Å². The van der Waals surface area contributed by atoms with Gasteiger partial charge in [-0.05, 0) is 60.1 Å². The van der Waals surface area contributed by atoms with Gasteiger partial charge in [0.2, 0.25) is 0 Å². The number of amides is 2. The van der Waals surface area contributed by atoms with Crippen LogP contribution in [0.5, 0.6) is 0 Å². The Kier molecular flexibility index (Phi) is 7.60. The van der Waals surface area contributed by atoms with Crippen molar-refractivity contribution in [1.29, 1.82) is 5.26 Å². The number of carbonyl (C=O) groups excluding carboxylic acids is 1. The molecule has 0 atom stereocenters. The summed E-state index contributed by atoms with van der Waals surface area (Å²) in [6.07, 6.45) is 0. The predicted molar refractivity (Wildman–Crippen MR) is 123 cm³/mol. The lowest BCUT2D eigenvalue weighted by molar-refractivity contribution is 0.257. The van der Waals surface area contributed by atoms with Gasteiger partial charge in [0.1, 0.15) is 5.82 Å². The Labute approximate surface area is 186 Å². The highest BCUT2D eigenvalue weighted by Gasteiger charge is 2.16. The van der Waals surface area contributed by atoms with E-state index in [0.29, 0.717) is 30.0 Å². The zero-order chi connectivity index (χ0) is 22.2. The Hall–Kier alpha value is -3.40. The third kappa shape index (κ3) is 5.82. The largest absolute Gasteiger partial charge is 0.326 e. The van der Waals surface area contributed by atoms with Crippen LogP contribution in [0, 0.1) is 17.1 Å². The molecule has 3 aromatic rings. The fourth-order valence-electron chi connectivity index (χ4n) is 3.08. The van der Waals surface area contributed by atoms with Crippen LogP contribution in [0.2, 0.25) is 5.02 Å². The minimum Gasteiger partial charge on any atom is -0.315 e. The van der Waals surface area contributed by atoms with Gasteiger partial charge in [-0.3, -0.25) is 4.90 Å². The van der Waals surface area contributed by atoms with Crippen molar-refractivity contribution in [2.45, 2.75) is 6.92 Å². The Morgan fingerprint density at radius 1 is 1.10 bits per heavy atom. The molecule has 0 saturated carbocycles. The predicted octanol–water partition coefficient (Wildman–Crippen LogP) is 5.67. The molecule has 0 saturated heterocycles. The van der Waals surface area contributed by atoms with Crippen molar-refractivity contribution in [3.05, 3.63) is 83.1 Å². The third-order valence-corrected chi connectivity index (χ3v) is 4.97. The second-order valence-corrected chi connectivity index (χ2v) is 7.21. The summed E-state index contributed by atoms with van der Waals surface area (Å²) in [6.45, 7) is 3.84. The van der Waals surface area contributed by atoms with Gasteiger partial charge in [-0.2, -0.15) is 5.26 Å². The van der Waals surface area contributed by atoms with Gasteiger partial charge in [0, 0.05) is 24.5 Å². The molecule has 2 amide bonds. The van der Waals surface area contributed by atoms with Gasteiger partial charge >= 0.3 is 6.03 Å². The summed E-state index contributed by atoms with van der Waals surface area (Å²) in [4.78, 5) is 14.6. The maximum Gasteiger partial charge on any atom is 0.326 e. The molecule has 0 fully saturated rings. The Bertz CT molecular complexity index is 1100. The number of urea groups is 1. The number of hydrogen-bond acceptors (Lipinski definition) is 3. The van der Waals surface area contributed by atoms with E-state index >= 15 is 0 Å². The van der Waals surface area contributed by atoms with Crippen LogP contribution in [0.25, 0.3) is 11.1 Å². The van der Waals surface area contributed by atoms with Gasteiger partial charge in [0.05, 0.1) is 16.7 Å². The number of hydrogen-bond donors (Lipinski definition) is 2. The van der Waals surface area contributed by atoms with Crippen molar-refractivity contribution < 1.29 is 9.18 Å². The molecule has 7 heteroatoms. The van der Waals surface area contributed by atoms with E-state index in [1.165, 1.54) is 18.2 Å². The number of nitriles is 1. The van der Waals surface area contributed by atoms with Crippen molar-refractivity contribution >= 4 is 29.0 Å². The number of rotatable bonds is 7. The first-order valence-corrected chi connectivity index (χ1v) is 10.2. The number of nitrogens with one attached hydrogen (secondary N) is 2. The van der Waals surface area contributed by atoms with E-state index in [4.69, 9.17) is 16.9 Å². The first-order valence-electron chi connectivity index (χ1n) is 9.86. The molecule has 31 heavy (non-hydrogen) atoms. The molecule has 0 aliphatic heterocycles. The SMILES string of the molecule is CCNCCN(C(=O)Nc1ccc(F)c(Cl)c1)c1ccc(-c2cccc(C#N)c2)cc1. The van der Waals surface area contributed by atoms with Crippen LogP contribution >= 0.6 is 11.6 Å². The topological polar surface area (TPSA) is 68.2 Å². The number of nitrogens with zero attached hydrogens (tertiary/aromatic N) is 2. The summed E-state index contributed by atoms with van der Waals surface area (Å²) < 4.78 is 13.4. The average molecular weight is 437 g/mol. The maximum atomic E-state index is 13.4. The second kappa shape index (κ2) is 10.6. The highest BCUT2D eigenvalue weighted by Crippen LogP contribution is 2.25. The fourth-order valence-corrected chi connectivity index (χ4v) is 3.26. The molecule has 0 heterocycles. The van der Waals surface area contributed by atoms with Gasteiger partial charge in [-0.25, -0.2) is 9.18 Å². The van der Waals surface area contributed by atoms with Gasteiger partial charge in [0.25, 0.3) is 0 Å². The smallest absolute Gasteiger partial charge is 0.315 e. The van der Waals surface area contributed by atoms with Crippen LogP contribution < -0.4 is 15.5 Å². The second-order valence-electron chi connectivity index (χ2n) is 6.80. The highest BCUT2D eigenvalue weighted by molar-refractivity contribution is 6.31. The lowest BCUT2D eigenvalue weighted by atomic mass is 10.0. The quantitative estimate of drug-likeness (QED) is 0.469. The van der Waals surface area contributed by atoms with Crippen LogP contribution in [0.3, 0.4) is 0 Å². The summed E-state index contributed by atoms with van der Waals surface area (Å²) in [7, 11) is 0. The molecule has 3 rings (SSSR count). The van der Waals surface area contributed by atoms with Crippen LogP contribution in [0.4, 0.5) is 20.6 Å². The van der Waals surface area contributed by atoms with E-state index < -0.39 is 5.82 Å². The molecule has 2 N–H and O–H groups in total. The van der Waals surface area contributed by atoms with Crippen LogP contribution in [0.1, 0.15) is 12.5 Å². The first kappa shape index (κ1) is 22.3. The number of likely N-dealkylation sites (N-methyl/N-ethyl adjacent to an activating group) is 1. The molecule has 5 nitrogen and oxygen atoms in total. The molecule has 0 aromatic heterocycles. The van der Waals surface area contributed by atoms with E-state index in [1.54, 1.807) is 11.0 Å². The molecule has 0 bridgehead atoms. The summed E-state index contributed by atoms with van der Waals surface area (Å²) >= 11 is 5.82. The summed E-state index contributed by atoms with van der Waals surface area (Å²) in [5.74, 6) is -0.542. The van der Waals surface area contributed by atoms with Gasteiger partial charge < -0.3 is 10.6 Å². The van der Waals surface area contributed by atoms with E-state index in [2.05, 4.69) is 16.7 Å². The molecule has 0 unspecified atom stereocenters. The molecule has 0 radical (unpaired) electrons. The normalized spacial score (nSPS) is 10.4. The van der Waals surface area contributed by atoms with Crippen LogP contribution in [-0.2, 0) is 0 Å². The molecule has 0 spiro atoms. The third-order valence-electron chi connectivity index (χ3n) is 4.68. The van der Waals surface area contributed by atoms with Gasteiger partial charge in [0.15, 0.2) is 0 Å². The average Bonchev–Trinajstić information content (AvgIpc) is 2.79. The van der Waals surface area contributed by atoms with Gasteiger partial charge in [-0.1, -0.05) is 42.8 Å². The highest BCUT2D eigenvalue weighted by atomic mass is 35.5. The lowest BCUT2D eigenvalue weighted by Gasteiger charge is -2.24. The van der Waals surface area contributed by atoms with Crippen molar-refractivity contribution in [3.63, 3.8) is 0 Å². The zero-order valence-corrected chi connectivity index (χ0v) is 17.8. The lowest BCUT2D eigenvalue weighted by Crippen LogP contribution is -2.39. The summed E-state index contributed by atoms with van der Waals surface area (Å²) in [6, 6.07) is 20.7. The fraction of sp³-hybridized carbons (Fsp3) is 0.167. The monoisotopic (exact) mass is 436 g/mol. The number of anilines is 2. The minimum absolute atomic E-state index is 0.0547. The number of halogens is 2. The van der Waals surface area contributed by atoms with Crippen LogP contribution in [-0.4, -0.2) is 25.7 Å². The van der Waals surface area contributed by atoms with Crippen molar-refractivity contribution in [3.8, 4) is 17.2 Å². The Morgan fingerprint density at radius 2 is 1.87 bits per heavy atom. The Balaban J connectivity index is 1.82.